The lowest BCUT2D eigenvalue weighted by Crippen LogP contribution is -2.26. The molecule has 0 aromatic heterocycles. The van der Waals surface area contributed by atoms with Gasteiger partial charge in [-0.1, -0.05) is 13.8 Å². The molecule has 0 atom stereocenters. The molecule has 0 aliphatic carbocycles. The van der Waals surface area contributed by atoms with Gasteiger partial charge in [0.05, 0.1) is 6.61 Å². The Labute approximate surface area is 90.7 Å². The zero-order valence-electron chi connectivity index (χ0n) is 9.58. The van der Waals surface area contributed by atoms with Gasteiger partial charge in [-0.3, -0.25) is 9.59 Å². The standard InChI is InChI=1S/C11H19NO3/c1-9(2)8-15-7-6-12-11(14)5-4-10(3)13/h4-5,9H,6-8H2,1-3H3,(H,12,14)/b5-4+. The van der Waals surface area contributed by atoms with Gasteiger partial charge in [0.25, 0.3) is 0 Å². The van der Waals surface area contributed by atoms with E-state index in [1.165, 1.54) is 19.1 Å². The number of ether oxygens (including phenoxy) is 1. The van der Waals surface area contributed by atoms with Gasteiger partial charge in [-0.2, -0.15) is 0 Å². The Morgan fingerprint density at radius 1 is 1.33 bits per heavy atom. The summed E-state index contributed by atoms with van der Waals surface area (Å²) in [5.41, 5.74) is 0. The Morgan fingerprint density at radius 2 is 2.00 bits per heavy atom. The maximum atomic E-state index is 11.0. The number of rotatable bonds is 7. The second kappa shape index (κ2) is 8.17. The lowest BCUT2D eigenvalue weighted by molar-refractivity contribution is -0.117. The summed E-state index contributed by atoms with van der Waals surface area (Å²) in [6.45, 7) is 7.18. The third-order valence-corrected chi connectivity index (χ3v) is 1.47. The van der Waals surface area contributed by atoms with Crippen LogP contribution in [0.2, 0.25) is 0 Å². The molecule has 4 heteroatoms. The number of nitrogens with one attached hydrogen (secondary N) is 1. The van der Waals surface area contributed by atoms with Crippen molar-refractivity contribution >= 4 is 11.7 Å². The lowest BCUT2D eigenvalue weighted by atomic mass is 10.2. The molecule has 0 radical (unpaired) electrons. The second-order valence-corrected chi connectivity index (χ2v) is 3.70. The highest BCUT2D eigenvalue weighted by Crippen LogP contribution is 1.90. The van der Waals surface area contributed by atoms with E-state index in [9.17, 15) is 9.59 Å². The highest BCUT2D eigenvalue weighted by molar-refractivity contribution is 5.96. The van der Waals surface area contributed by atoms with Gasteiger partial charge in [-0.25, -0.2) is 0 Å². The van der Waals surface area contributed by atoms with Gasteiger partial charge in [0.15, 0.2) is 5.78 Å². The average Bonchev–Trinajstić information content (AvgIpc) is 2.13. The van der Waals surface area contributed by atoms with Crippen molar-refractivity contribution < 1.29 is 14.3 Å². The van der Waals surface area contributed by atoms with Crippen molar-refractivity contribution in [3.8, 4) is 0 Å². The van der Waals surface area contributed by atoms with Crippen LogP contribution >= 0.6 is 0 Å². The number of carbonyl (C=O) groups is 2. The van der Waals surface area contributed by atoms with Crippen molar-refractivity contribution in [2.45, 2.75) is 20.8 Å². The van der Waals surface area contributed by atoms with Crippen molar-refractivity contribution in [1.82, 2.24) is 5.32 Å². The molecule has 0 unspecified atom stereocenters. The first-order chi connectivity index (χ1) is 7.02. The molecule has 86 valence electrons. The van der Waals surface area contributed by atoms with E-state index < -0.39 is 0 Å². The molecule has 0 aliphatic heterocycles. The van der Waals surface area contributed by atoms with E-state index >= 15 is 0 Å². The molecule has 0 saturated carbocycles. The maximum Gasteiger partial charge on any atom is 0.244 e. The van der Waals surface area contributed by atoms with Gasteiger partial charge in [-0.05, 0) is 18.9 Å². The number of carbonyl (C=O) groups excluding carboxylic acids is 2. The Balaban J connectivity index is 3.43. The van der Waals surface area contributed by atoms with Crippen molar-refractivity contribution in [1.29, 1.82) is 0 Å². The number of hydrogen-bond acceptors (Lipinski definition) is 3. The highest BCUT2D eigenvalue weighted by Gasteiger charge is 1.96. The molecule has 0 saturated heterocycles. The average molecular weight is 213 g/mol. The normalized spacial score (nSPS) is 10.9. The van der Waals surface area contributed by atoms with Gasteiger partial charge in [0.1, 0.15) is 0 Å². The first kappa shape index (κ1) is 13.8. The molecule has 1 amide bonds. The molecule has 0 rings (SSSR count). The van der Waals surface area contributed by atoms with E-state index in [1.807, 2.05) is 0 Å². The summed E-state index contributed by atoms with van der Waals surface area (Å²) in [7, 11) is 0. The Hall–Kier alpha value is -1.16. The third-order valence-electron chi connectivity index (χ3n) is 1.47. The second-order valence-electron chi connectivity index (χ2n) is 3.70. The molecule has 0 fully saturated rings. The molecule has 0 aromatic carbocycles. The Kier molecular flexibility index (Phi) is 7.54. The SMILES string of the molecule is CC(=O)/C=C/C(=O)NCCOCC(C)C. The van der Waals surface area contributed by atoms with Crippen molar-refractivity contribution in [2.75, 3.05) is 19.8 Å². The number of ketones is 1. The van der Waals surface area contributed by atoms with Crippen LogP contribution in [0.4, 0.5) is 0 Å². The van der Waals surface area contributed by atoms with E-state index in [-0.39, 0.29) is 11.7 Å². The third kappa shape index (κ3) is 10.8. The molecule has 1 N–H and O–H groups in total. The Morgan fingerprint density at radius 3 is 2.53 bits per heavy atom. The predicted molar refractivity (Wildman–Crippen MR) is 58.5 cm³/mol. The van der Waals surface area contributed by atoms with Gasteiger partial charge >= 0.3 is 0 Å². The van der Waals surface area contributed by atoms with E-state index in [1.54, 1.807) is 0 Å². The van der Waals surface area contributed by atoms with Gasteiger partial charge in [0.2, 0.25) is 5.91 Å². The van der Waals surface area contributed by atoms with E-state index in [0.29, 0.717) is 25.7 Å². The van der Waals surface area contributed by atoms with Crippen LogP contribution in [0.15, 0.2) is 12.2 Å². The van der Waals surface area contributed by atoms with Crippen LogP contribution in [0, 0.1) is 5.92 Å². The van der Waals surface area contributed by atoms with Crippen LogP contribution in [0.5, 0.6) is 0 Å². The fourth-order valence-electron chi connectivity index (χ4n) is 0.817. The Bertz CT molecular complexity index is 234. The molecule has 0 bridgehead atoms. The number of hydrogen-bond donors (Lipinski definition) is 1. The molecule has 0 aromatic rings. The quantitative estimate of drug-likeness (QED) is 0.505. The van der Waals surface area contributed by atoms with Crippen LogP contribution in [0.3, 0.4) is 0 Å². The molecular formula is C11H19NO3. The summed E-state index contributed by atoms with van der Waals surface area (Å²) in [4.78, 5) is 21.5. The molecule has 0 heterocycles. The number of amides is 1. The van der Waals surface area contributed by atoms with Crippen LogP contribution in [0.25, 0.3) is 0 Å². The van der Waals surface area contributed by atoms with Crippen molar-refractivity contribution in [3.05, 3.63) is 12.2 Å². The minimum atomic E-state index is -0.265. The van der Waals surface area contributed by atoms with Crippen LogP contribution in [0.1, 0.15) is 20.8 Å². The fourth-order valence-corrected chi connectivity index (χ4v) is 0.817. The monoisotopic (exact) mass is 213 g/mol. The topological polar surface area (TPSA) is 55.4 Å². The maximum absolute atomic E-state index is 11.0. The summed E-state index contributed by atoms with van der Waals surface area (Å²) in [5, 5.41) is 2.61. The summed E-state index contributed by atoms with van der Waals surface area (Å²) < 4.78 is 5.27. The number of allylic oxidation sites excluding steroid dienone is 1. The van der Waals surface area contributed by atoms with Crippen molar-refractivity contribution in [3.63, 3.8) is 0 Å². The van der Waals surface area contributed by atoms with Gasteiger partial charge < -0.3 is 10.1 Å². The van der Waals surface area contributed by atoms with Gasteiger partial charge in [-0.15, -0.1) is 0 Å². The van der Waals surface area contributed by atoms with E-state index in [2.05, 4.69) is 19.2 Å². The van der Waals surface area contributed by atoms with Crippen LogP contribution in [-0.4, -0.2) is 31.4 Å². The van der Waals surface area contributed by atoms with Crippen LogP contribution < -0.4 is 5.32 Å². The molecule has 0 aliphatic rings. The smallest absolute Gasteiger partial charge is 0.244 e. The fraction of sp³-hybridized carbons (Fsp3) is 0.636. The molecular weight excluding hydrogens is 194 g/mol. The minimum absolute atomic E-state index is 0.138. The first-order valence-electron chi connectivity index (χ1n) is 5.06. The van der Waals surface area contributed by atoms with Crippen molar-refractivity contribution in [2.24, 2.45) is 5.92 Å². The largest absolute Gasteiger partial charge is 0.379 e. The summed E-state index contributed by atoms with van der Waals surface area (Å²) in [5.74, 6) is 0.0952. The molecule has 15 heavy (non-hydrogen) atoms. The first-order valence-corrected chi connectivity index (χ1v) is 5.06. The molecule has 4 nitrogen and oxygen atoms in total. The zero-order valence-corrected chi connectivity index (χ0v) is 9.58. The van der Waals surface area contributed by atoms with Crippen LogP contribution in [-0.2, 0) is 14.3 Å². The highest BCUT2D eigenvalue weighted by atomic mass is 16.5. The molecule has 0 spiro atoms. The summed E-state index contributed by atoms with van der Waals surface area (Å²) in [6.07, 6.45) is 2.47. The van der Waals surface area contributed by atoms with E-state index in [4.69, 9.17) is 4.74 Å². The predicted octanol–water partition coefficient (Wildman–Crippen LogP) is 0.920. The summed E-state index contributed by atoms with van der Waals surface area (Å²) in [6, 6.07) is 0. The minimum Gasteiger partial charge on any atom is -0.379 e. The lowest BCUT2D eigenvalue weighted by Gasteiger charge is -2.06. The summed E-state index contributed by atoms with van der Waals surface area (Å²) >= 11 is 0. The van der Waals surface area contributed by atoms with Gasteiger partial charge in [0, 0.05) is 19.2 Å². The van der Waals surface area contributed by atoms with E-state index in [0.717, 1.165) is 0 Å². The zero-order chi connectivity index (χ0) is 11.7.